The lowest BCUT2D eigenvalue weighted by Gasteiger charge is -2.21. The first-order valence-corrected chi connectivity index (χ1v) is 5.18. The third kappa shape index (κ3) is 1.76. The second kappa shape index (κ2) is 3.39. The highest BCUT2D eigenvalue weighted by Gasteiger charge is 2.18. The van der Waals surface area contributed by atoms with E-state index in [-0.39, 0.29) is 11.9 Å². The Kier molecular flexibility index (Phi) is 2.39. The summed E-state index contributed by atoms with van der Waals surface area (Å²) in [5.74, 6) is -0.125. The molecule has 0 fully saturated rings. The Bertz CT molecular complexity index is 338. The highest BCUT2D eigenvalue weighted by molar-refractivity contribution is 9.10. The van der Waals surface area contributed by atoms with E-state index in [1.54, 1.807) is 0 Å². The van der Waals surface area contributed by atoms with Crippen LogP contribution in [0, 0.1) is 5.82 Å². The molecule has 0 aliphatic heterocycles. The fourth-order valence-corrected chi connectivity index (χ4v) is 2.29. The number of hydrogen-bond acceptors (Lipinski definition) is 1. The third-order valence-electron chi connectivity index (χ3n) is 2.50. The number of hydrogen-bond donors (Lipinski definition) is 1. The molecule has 1 aliphatic carbocycles. The van der Waals surface area contributed by atoms with Crippen molar-refractivity contribution in [2.45, 2.75) is 25.3 Å². The molecule has 0 saturated heterocycles. The van der Waals surface area contributed by atoms with Crippen molar-refractivity contribution in [2.75, 3.05) is 0 Å². The summed E-state index contributed by atoms with van der Waals surface area (Å²) in [7, 11) is 0. The molecule has 13 heavy (non-hydrogen) atoms. The van der Waals surface area contributed by atoms with Crippen molar-refractivity contribution in [3.63, 3.8) is 0 Å². The van der Waals surface area contributed by atoms with E-state index in [0.29, 0.717) is 6.42 Å². The zero-order valence-electron chi connectivity index (χ0n) is 7.19. The Morgan fingerprint density at radius 3 is 3.00 bits per heavy atom. The third-order valence-corrected chi connectivity index (χ3v) is 2.96. The number of halogens is 2. The first kappa shape index (κ1) is 9.16. The molecule has 3 heteroatoms. The summed E-state index contributed by atoms with van der Waals surface area (Å²) in [5, 5.41) is 0. The largest absolute Gasteiger partial charge is 0.327 e. The van der Waals surface area contributed by atoms with Crippen LogP contribution >= 0.6 is 15.9 Å². The summed E-state index contributed by atoms with van der Waals surface area (Å²) in [5.41, 5.74) is 7.69. The molecule has 1 nitrogen and oxygen atoms in total. The van der Waals surface area contributed by atoms with Crippen molar-refractivity contribution in [3.05, 3.63) is 33.5 Å². The van der Waals surface area contributed by atoms with Gasteiger partial charge in [0.05, 0.1) is 0 Å². The number of rotatable bonds is 0. The Morgan fingerprint density at radius 1 is 1.46 bits per heavy atom. The van der Waals surface area contributed by atoms with E-state index in [1.807, 2.05) is 6.07 Å². The molecule has 0 heterocycles. The van der Waals surface area contributed by atoms with Crippen LogP contribution in [0.25, 0.3) is 0 Å². The summed E-state index contributed by atoms with van der Waals surface area (Å²) < 4.78 is 14.2. The minimum atomic E-state index is -0.125. The first-order valence-electron chi connectivity index (χ1n) is 4.39. The maximum atomic E-state index is 13.4. The monoisotopic (exact) mass is 243 g/mol. The number of fused-ring (bicyclic) bond motifs is 1. The maximum Gasteiger partial charge on any atom is 0.127 e. The molecule has 1 aliphatic rings. The Labute approximate surface area is 85.3 Å². The van der Waals surface area contributed by atoms with Crippen LogP contribution in [0.1, 0.15) is 17.5 Å². The van der Waals surface area contributed by atoms with Crippen LogP contribution in [0.4, 0.5) is 4.39 Å². The second-order valence-electron chi connectivity index (χ2n) is 3.53. The zero-order valence-corrected chi connectivity index (χ0v) is 8.77. The van der Waals surface area contributed by atoms with Crippen LogP contribution in [0.15, 0.2) is 16.6 Å². The lowest BCUT2D eigenvalue weighted by atomic mass is 9.88. The lowest BCUT2D eigenvalue weighted by Crippen LogP contribution is -2.28. The Hall–Kier alpha value is -0.410. The van der Waals surface area contributed by atoms with Gasteiger partial charge in [0.25, 0.3) is 0 Å². The molecule has 0 aromatic heterocycles. The SMILES string of the molecule is NC1CCc2cc(Br)cc(F)c2C1. The van der Waals surface area contributed by atoms with Gasteiger partial charge in [0.2, 0.25) is 0 Å². The van der Waals surface area contributed by atoms with Crippen LogP contribution in [0.3, 0.4) is 0 Å². The van der Waals surface area contributed by atoms with Gasteiger partial charge in [-0.15, -0.1) is 0 Å². The average molecular weight is 244 g/mol. The predicted octanol–water partition coefficient (Wildman–Crippen LogP) is 2.40. The molecule has 2 N–H and O–H groups in total. The average Bonchev–Trinajstić information content (AvgIpc) is 2.06. The normalized spacial score (nSPS) is 21.3. The molecular weight excluding hydrogens is 233 g/mol. The van der Waals surface area contributed by atoms with Crippen molar-refractivity contribution in [1.82, 2.24) is 0 Å². The van der Waals surface area contributed by atoms with Crippen molar-refractivity contribution in [3.8, 4) is 0 Å². The van der Waals surface area contributed by atoms with Crippen LogP contribution in [0.2, 0.25) is 0 Å². The quantitative estimate of drug-likeness (QED) is 0.745. The van der Waals surface area contributed by atoms with Gasteiger partial charge in [-0.25, -0.2) is 4.39 Å². The lowest BCUT2D eigenvalue weighted by molar-refractivity contribution is 0.533. The molecule has 0 saturated carbocycles. The van der Waals surface area contributed by atoms with E-state index in [9.17, 15) is 4.39 Å². The van der Waals surface area contributed by atoms with Gasteiger partial charge in [-0.1, -0.05) is 15.9 Å². The number of aryl methyl sites for hydroxylation is 1. The van der Waals surface area contributed by atoms with E-state index in [0.717, 1.165) is 28.4 Å². The molecular formula is C10H11BrFN. The molecule has 1 aromatic carbocycles. The minimum Gasteiger partial charge on any atom is -0.327 e. The van der Waals surface area contributed by atoms with E-state index in [1.165, 1.54) is 6.07 Å². The molecule has 0 radical (unpaired) electrons. The minimum absolute atomic E-state index is 0.125. The molecule has 1 aromatic rings. The fraction of sp³-hybridized carbons (Fsp3) is 0.400. The van der Waals surface area contributed by atoms with Gasteiger partial charge in [-0.2, -0.15) is 0 Å². The van der Waals surface area contributed by atoms with Gasteiger partial charge in [0, 0.05) is 10.5 Å². The van der Waals surface area contributed by atoms with Crippen molar-refractivity contribution in [1.29, 1.82) is 0 Å². The van der Waals surface area contributed by atoms with E-state index in [4.69, 9.17) is 5.73 Å². The van der Waals surface area contributed by atoms with Gasteiger partial charge in [0.15, 0.2) is 0 Å². The fourth-order valence-electron chi connectivity index (χ4n) is 1.81. The standard InChI is InChI=1S/C10H11BrFN/c11-7-3-6-1-2-8(13)5-9(6)10(12)4-7/h3-4,8H,1-2,5,13H2. The van der Waals surface area contributed by atoms with Gasteiger partial charge < -0.3 is 5.73 Å². The maximum absolute atomic E-state index is 13.4. The molecule has 0 spiro atoms. The number of benzene rings is 1. The predicted molar refractivity (Wildman–Crippen MR) is 54.1 cm³/mol. The number of nitrogens with two attached hydrogens (primary N) is 1. The summed E-state index contributed by atoms with van der Waals surface area (Å²) in [6, 6.07) is 3.63. The van der Waals surface area contributed by atoms with Crippen LogP contribution in [0.5, 0.6) is 0 Å². The van der Waals surface area contributed by atoms with E-state index < -0.39 is 0 Å². The Balaban J connectivity index is 2.47. The van der Waals surface area contributed by atoms with Gasteiger partial charge in [0.1, 0.15) is 5.82 Å². The van der Waals surface area contributed by atoms with Crippen LogP contribution in [-0.2, 0) is 12.8 Å². The molecule has 70 valence electrons. The Morgan fingerprint density at radius 2 is 2.23 bits per heavy atom. The summed E-state index contributed by atoms with van der Waals surface area (Å²) in [6.07, 6.45) is 2.53. The van der Waals surface area contributed by atoms with E-state index in [2.05, 4.69) is 15.9 Å². The van der Waals surface area contributed by atoms with Crippen molar-refractivity contribution < 1.29 is 4.39 Å². The molecule has 0 amide bonds. The molecule has 0 bridgehead atoms. The zero-order chi connectivity index (χ0) is 9.42. The second-order valence-corrected chi connectivity index (χ2v) is 4.44. The van der Waals surface area contributed by atoms with Gasteiger partial charge >= 0.3 is 0 Å². The van der Waals surface area contributed by atoms with Gasteiger partial charge in [-0.3, -0.25) is 0 Å². The highest BCUT2D eigenvalue weighted by Crippen LogP contribution is 2.26. The summed E-state index contributed by atoms with van der Waals surface area (Å²) >= 11 is 3.29. The van der Waals surface area contributed by atoms with Crippen LogP contribution in [-0.4, -0.2) is 6.04 Å². The van der Waals surface area contributed by atoms with E-state index >= 15 is 0 Å². The van der Waals surface area contributed by atoms with Gasteiger partial charge in [-0.05, 0) is 42.5 Å². The molecule has 1 atom stereocenters. The highest BCUT2D eigenvalue weighted by atomic mass is 79.9. The summed E-state index contributed by atoms with van der Waals surface area (Å²) in [4.78, 5) is 0. The van der Waals surface area contributed by atoms with Crippen molar-refractivity contribution >= 4 is 15.9 Å². The van der Waals surface area contributed by atoms with Crippen LogP contribution < -0.4 is 5.73 Å². The molecule has 1 unspecified atom stereocenters. The topological polar surface area (TPSA) is 26.0 Å². The summed E-state index contributed by atoms with van der Waals surface area (Å²) in [6.45, 7) is 0. The molecule has 2 rings (SSSR count). The van der Waals surface area contributed by atoms with Crippen molar-refractivity contribution in [2.24, 2.45) is 5.73 Å². The smallest absolute Gasteiger partial charge is 0.127 e. The first-order chi connectivity index (χ1) is 6.16.